The molecule has 1 aromatic heterocycles. The number of alkyl halides is 1. The van der Waals surface area contributed by atoms with E-state index in [1.165, 1.54) is 6.20 Å². The molecule has 3 rings (SSSR count). The number of ether oxygens (including phenoxy) is 1. The van der Waals surface area contributed by atoms with Gasteiger partial charge >= 0.3 is 0 Å². The largest absolute Gasteiger partial charge is 0.493 e. The summed E-state index contributed by atoms with van der Waals surface area (Å²) in [5.74, 6) is -0.366. The molecule has 8 heteroatoms. The van der Waals surface area contributed by atoms with Gasteiger partial charge in [0.1, 0.15) is 5.75 Å². The van der Waals surface area contributed by atoms with Crippen LogP contribution in [0.1, 0.15) is 22.3 Å². The standard InChI is InChI=1S/C17H17FN2O4S/c18-5-1-7-25(22,23)20-17(21)15-9-14(10-19-11-15)12-2-3-16-13(8-12)4-6-24-16/h2-3,8-11H,1,4-7H2,(H,20,21). The maximum absolute atomic E-state index is 12.2. The Hall–Kier alpha value is -2.48. The lowest BCUT2D eigenvalue weighted by molar-refractivity contribution is 0.0981. The SMILES string of the molecule is O=C(NS(=O)(=O)CCCF)c1cncc(-c2ccc3c(c2)CCO3)c1. The number of fused-ring (bicyclic) bond motifs is 1. The zero-order valence-electron chi connectivity index (χ0n) is 13.4. The van der Waals surface area contributed by atoms with E-state index in [1.54, 1.807) is 12.3 Å². The third-order valence-corrected chi connectivity index (χ3v) is 5.14. The van der Waals surface area contributed by atoms with Crippen LogP contribution >= 0.6 is 0 Å². The van der Waals surface area contributed by atoms with Gasteiger partial charge in [-0.1, -0.05) is 6.07 Å². The Morgan fingerprint density at radius 2 is 2.08 bits per heavy atom. The van der Waals surface area contributed by atoms with Crippen LogP contribution < -0.4 is 9.46 Å². The van der Waals surface area contributed by atoms with Crippen molar-refractivity contribution in [1.82, 2.24) is 9.71 Å². The van der Waals surface area contributed by atoms with Crippen molar-refractivity contribution >= 4 is 15.9 Å². The Morgan fingerprint density at radius 1 is 1.24 bits per heavy atom. The van der Waals surface area contributed by atoms with Crippen molar-refractivity contribution in [2.45, 2.75) is 12.8 Å². The quantitative estimate of drug-likeness (QED) is 0.848. The second kappa shape index (κ2) is 7.18. The van der Waals surface area contributed by atoms with E-state index in [2.05, 4.69) is 4.98 Å². The van der Waals surface area contributed by atoms with Gasteiger partial charge in [0.05, 0.1) is 24.6 Å². The Labute approximate surface area is 145 Å². The zero-order valence-corrected chi connectivity index (χ0v) is 14.2. The van der Waals surface area contributed by atoms with Crippen LogP contribution in [0, 0.1) is 0 Å². The maximum atomic E-state index is 12.2. The van der Waals surface area contributed by atoms with Crippen molar-refractivity contribution < 1.29 is 22.3 Å². The van der Waals surface area contributed by atoms with Gasteiger partial charge in [0.25, 0.3) is 5.91 Å². The van der Waals surface area contributed by atoms with Crippen molar-refractivity contribution in [3.63, 3.8) is 0 Å². The third kappa shape index (κ3) is 4.14. The molecule has 132 valence electrons. The minimum absolute atomic E-state index is 0.123. The van der Waals surface area contributed by atoms with Crippen LogP contribution in [0.5, 0.6) is 5.75 Å². The van der Waals surface area contributed by atoms with Gasteiger partial charge in [0.15, 0.2) is 0 Å². The molecule has 0 bridgehead atoms. The topological polar surface area (TPSA) is 85.4 Å². The predicted octanol–water partition coefficient (Wildman–Crippen LogP) is 2.10. The Kier molecular flexibility index (Phi) is 4.98. The summed E-state index contributed by atoms with van der Waals surface area (Å²) in [6, 6.07) is 7.27. The molecule has 6 nitrogen and oxygen atoms in total. The fraction of sp³-hybridized carbons (Fsp3) is 0.294. The average molecular weight is 364 g/mol. The normalized spacial score (nSPS) is 13.2. The van der Waals surface area contributed by atoms with Crippen molar-refractivity contribution in [3.8, 4) is 16.9 Å². The van der Waals surface area contributed by atoms with E-state index in [0.717, 1.165) is 23.3 Å². The molecular formula is C17H17FN2O4S. The van der Waals surface area contributed by atoms with E-state index in [4.69, 9.17) is 4.74 Å². The lowest BCUT2D eigenvalue weighted by Gasteiger charge is -2.08. The first-order chi connectivity index (χ1) is 12.0. The molecule has 1 aliphatic rings. The number of halogens is 1. The molecular weight excluding hydrogens is 347 g/mol. The Balaban J connectivity index is 1.81. The first-order valence-electron chi connectivity index (χ1n) is 7.80. The minimum atomic E-state index is -3.86. The van der Waals surface area contributed by atoms with Gasteiger partial charge < -0.3 is 4.74 Å². The molecule has 25 heavy (non-hydrogen) atoms. The van der Waals surface area contributed by atoms with Gasteiger partial charge in [-0.15, -0.1) is 0 Å². The number of amides is 1. The number of aromatic nitrogens is 1. The van der Waals surface area contributed by atoms with Gasteiger partial charge in [-0.3, -0.25) is 14.2 Å². The molecule has 0 atom stereocenters. The van der Waals surface area contributed by atoms with Crippen molar-refractivity contribution in [2.24, 2.45) is 0 Å². The van der Waals surface area contributed by atoms with E-state index in [9.17, 15) is 17.6 Å². The molecule has 1 aromatic carbocycles. The smallest absolute Gasteiger partial charge is 0.266 e. The summed E-state index contributed by atoms with van der Waals surface area (Å²) in [6.07, 6.45) is 3.56. The average Bonchev–Trinajstić information content (AvgIpc) is 3.07. The van der Waals surface area contributed by atoms with E-state index < -0.39 is 28.4 Å². The molecule has 1 amide bonds. The summed E-state index contributed by atoms with van der Waals surface area (Å²) in [5, 5.41) is 0. The van der Waals surface area contributed by atoms with Crippen molar-refractivity contribution in [3.05, 3.63) is 47.8 Å². The predicted molar refractivity (Wildman–Crippen MR) is 90.7 cm³/mol. The minimum Gasteiger partial charge on any atom is -0.493 e. The van der Waals surface area contributed by atoms with Crippen LogP contribution in [0.25, 0.3) is 11.1 Å². The van der Waals surface area contributed by atoms with E-state index >= 15 is 0 Å². The van der Waals surface area contributed by atoms with Gasteiger partial charge in [0.2, 0.25) is 10.0 Å². The molecule has 0 saturated carbocycles. The monoisotopic (exact) mass is 364 g/mol. The number of carbonyl (C=O) groups is 1. The van der Waals surface area contributed by atoms with Crippen LogP contribution in [0.4, 0.5) is 4.39 Å². The number of pyridine rings is 1. The molecule has 0 aliphatic carbocycles. The van der Waals surface area contributed by atoms with Crippen molar-refractivity contribution in [2.75, 3.05) is 19.0 Å². The highest BCUT2D eigenvalue weighted by Gasteiger charge is 2.17. The molecule has 0 unspecified atom stereocenters. The number of benzene rings is 1. The van der Waals surface area contributed by atoms with Crippen LogP contribution in [0.2, 0.25) is 0 Å². The molecule has 1 N–H and O–H groups in total. The Morgan fingerprint density at radius 3 is 2.88 bits per heavy atom. The third-order valence-electron chi connectivity index (χ3n) is 3.82. The highest BCUT2D eigenvalue weighted by molar-refractivity contribution is 7.90. The van der Waals surface area contributed by atoms with Crippen molar-refractivity contribution in [1.29, 1.82) is 0 Å². The summed E-state index contributed by atoms with van der Waals surface area (Å²) in [5.41, 5.74) is 2.77. The molecule has 0 saturated heterocycles. The van der Waals surface area contributed by atoms with E-state index in [0.29, 0.717) is 12.2 Å². The summed E-state index contributed by atoms with van der Waals surface area (Å²) in [6.45, 7) is -0.107. The molecule has 0 fully saturated rings. The number of hydrogen-bond acceptors (Lipinski definition) is 5. The van der Waals surface area contributed by atoms with E-state index in [-0.39, 0.29) is 12.0 Å². The summed E-state index contributed by atoms with van der Waals surface area (Å²) >= 11 is 0. The lowest BCUT2D eigenvalue weighted by atomic mass is 10.0. The molecule has 2 aromatic rings. The Bertz CT molecular complexity index is 899. The maximum Gasteiger partial charge on any atom is 0.266 e. The van der Waals surface area contributed by atoms with Gasteiger partial charge in [-0.25, -0.2) is 13.1 Å². The second-order valence-corrected chi connectivity index (χ2v) is 7.52. The first kappa shape index (κ1) is 17.3. The summed E-state index contributed by atoms with van der Waals surface area (Å²) in [4.78, 5) is 16.2. The summed E-state index contributed by atoms with van der Waals surface area (Å²) in [7, 11) is -3.86. The first-order valence-corrected chi connectivity index (χ1v) is 9.46. The lowest BCUT2D eigenvalue weighted by Crippen LogP contribution is -2.32. The van der Waals surface area contributed by atoms with Crippen LogP contribution in [-0.4, -0.2) is 38.3 Å². The highest BCUT2D eigenvalue weighted by Crippen LogP contribution is 2.30. The highest BCUT2D eigenvalue weighted by atomic mass is 32.2. The van der Waals surface area contributed by atoms with Crippen LogP contribution in [-0.2, 0) is 16.4 Å². The van der Waals surface area contributed by atoms with Gasteiger partial charge in [0, 0.05) is 24.4 Å². The number of hydrogen-bond donors (Lipinski definition) is 1. The molecule has 2 heterocycles. The zero-order chi connectivity index (χ0) is 17.9. The summed E-state index contributed by atoms with van der Waals surface area (Å²) < 4.78 is 43.0. The fourth-order valence-corrected chi connectivity index (χ4v) is 3.58. The number of carbonyl (C=O) groups excluding carboxylic acids is 1. The molecule has 0 spiro atoms. The number of sulfonamides is 1. The molecule has 1 aliphatic heterocycles. The van der Waals surface area contributed by atoms with E-state index in [1.807, 2.05) is 22.9 Å². The van der Waals surface area contributed by atoms with Gasteiger partial charge in [-0.2, -0.15) is 0 Å². The number of nitrogens with zero attached hydrogens (tertiary/aromatic N) is 1. The number of nitrogens with one attached hydrogen (secondary N) is 1. The van der Waals surface area contributed by atoms with Gasteiger partial charge in [-0.05, 0) is 35.7 Å². The number of rotatable bonds is 6. The fourth-order valence-electron chi connectivity index (χ4n) is 2.58. The van der Waals surface area contributed by atoms with Crippen LogP contribution in [0.3, 0.4) is 0 Å². The van der Waals surface area contributed by atoms with Crippen LogP contribution in [0.15, 0.2) is 36.7 Å². The second-order valence-electron chi connectivity index (χ2n) is 5.68. The molecule has 0 radical (unpaired) electrons.